The summed E-state index contributed by atoms with van der Waals surface area (Å²) >= 11 is 0. The summed E-state index contributed by atoms with van der Waals surface area (Å²) in [6, 6.07) is 4.50. The van der Waals surface area contributed by atoms with Crippen LogP contribution in [0.1, 0.15) is 24.5 Å². The highest BCUT2D eigenvalue weighted by Gasteiger charge is 2.30. The SMILES string of the molecule is c1cc2n(c1)CCC1CNCCC21. The molecule has 0 aliphatic carbocycles. The first-order valence-electron chi connectivity index (χ1n) is 5.31. The molecule has 2 aliphatic heterocycles. The Morgan fingerprint density at radius 3 is 3.38 bits per heavy atom. The van der Waals surface area contributed by atoms with E-state index in [-0.39, 0.29) is 0 Å². The maximum atomic E-state index is 3.50. The zero-order chi connectivity index (χ0) is 8.67. The highest BCUT2D eigenvalue weighted by Crippen LogP contribution is 2.36. The van der Waals surface area contributed by atoms with Crippen molar-refractivity contribution in [3.8, 4) is 0 Å². The second-order valence-corrected chi connectivity index (χ2v) is 4.27. The average Bonchev–Trinajstić information content (AvgIpc) is 2.65. The second kappa shape index (κ2) is 2.88. The number of fused-ring (bicyclic) bond motifs is 3. The molecule has 13 heavy (non-hydrogen) atoms. The first kappa shape index (κ1) is 7.63. The van der Waals surface area contributed by atoms with Crippen LogP contribution in [0.25, 0.3) is 0 Å². The van der Waals surface area contributed by atoms with Gasteiger partial charge in [0, 0.05) is 24.4 Å². The minimum absolute atomic E-state index is 0.838. The quantitative estimate of drug-likeness (QED) is 0.635. The van der Waals surface area contributed by atoms with Crippen LogP contribution in [-0.4, -0.2) is 17.7 Å². The Morgan fingerprint density at radius 2 is 2.38 bits per heavy atom. The van der Waals surface area contributed by atoms with Gasteiger partial charge in [-0.2, -0.15) is 0 Å². The molecular formula is C11H16N2. The Hall–Kier alpha value is -0.760. The van der Waals surface area contributed by atoms with Gasteiger partial charge in [0.25, 0.3) is 0 Å². The van der Waals surface area contributed by atoms with Gasteiger partial charge >= 0.3 is 0 Å². The van der Waals surface area contributed by atoms with E-state index in [1.165, 1.54) is 32.5 Å². The van der Waals surface area contributed by atoms with Crippen molar-refractivity contribution in [3.05, 3.63) is 24.0 Å². The number of rotatable bonds is 0. The van der Waals surface area contributed by atoms with E-state index in [0.717, 1.165) is 11.8 Å². The minimum atomic E-state index is 0.838. The van der Waals surface area contributed by atoms with Crippen molar-refractivity contribution in [2.45, 2.75) is 25.3 Å². The first-order valence-corrected chi connectivity index (χ1v) is 5.31. The van der Waals surface area contributed by atoms with Crippen LogP contribution in [0, 0.1) is 5.92 Å². The Bertz CT molecular complexity index is 303. The molecule has 0 radical (unpaired) electrons. The van der Waals surface area contributed by atoms with Crippen molar-refractivity contribution in [1.82, 2.24) is 9.88 Å². The van der Waals surface area contributed by atoms with Crippen LogP contribution in [0.15, 0.2) is 18.3 Å². The fraction of sp³-hybridized carbons (Fsp3) is 0.636. The molecule has 1 fully saturated rings. The number of nitrogens with zero attached hydrogens (tertiary/aromatic N) is 1. The van der Waals surface area contributed by atoms with Crippen LogP contribution < -0.4 is 5.32 Å². The zero-order valence-electron chi connectivity index (χ0n) is 7.87. The lowest BCUT2D eigenvalue weighted by Gasteiger charge is -2.37. The molecule has 2 atom stereocenters. The Morgan fingerprint density at radius 1 is 1.38 bits per heavy atom. The lowest BCUT2D eigenvalue weighted by atomic mass is 9.80. The molecule has 0 spiro atoms. The molecule has 1 aromatic rings. The van der Waals surface area contributed by atoms with Crippen molar-refractivity contribution in [3.63, 3.8) is 0 Å². The third-order valence-electron chi connectivity index (χ3n) is 3.59. The topological polar surface area (TPSA) is 17.0 Å². The van der Waals surface area contributed by atoms with E-state index in [2.05, 4.69) is 28.2 Å². The molecule has 2 heteroatoms. The van der Waals surface area contributed by atoms with Gasteiger partial charge in [-0.05, 0) is 44.0 Å². The number of nitrogens with one attached hydrogen (secondary N) is 1. The summed E-state index contributed by atoms with van der Waals surface area (Å²) in [4.78, 5) is 0. The molecule has 2 aliphatic rings. The summed E-state index contributed by atoms with van der Waals surface area (Å²) in [5, 5.41) is 3.50. The molecule has 0 amide bonds. The summed E-state index contributed by atoms with van der Waals surface area (Å²) in [7, 11) is 0. The molecule has 3 heterocycles. The van der Waals surface area contributed by atoms with Crippen molar-refractivity contribution < 1.29 is 0 Å². The van der Waals surface area contributed by atoms with E-state index in [9.17, 15) is 0 Å². The van der Waals surface area contributed by atoms with Gasteiger partial charge in [0.05, 0.1) is 0 Å². The number of aryl methyl sites for hydroxylation is 1. The van der Waals surface area contributed by atoms with Gasteiger partial charge in [-0.1, -0.05) is 0 Å². The smallest absolute Gasteiger partial charge is 0.0225 e. The van der Waals surface area contributed by atoms with Gasteiger partial charge in [0.1, 0.15) is 0 Å². The van der Waals surface area contributed by atoms with Gasteiger partial charge < -0.3 is 9.88 Å². The van der Waals surface area contributed by atoms with E-state index in [4.69, 9.17) is 0 Å². The highest BCUT2D eigenvalue weighted by atomic mass is 15.0. The third kappa shape index (κ3) is 1.12. The number of aromatic nitrogens is 1. The fourth-order valence-electron chi connectivity index (χ4n) is 2.89. The summed E-state index contributed by atoms with van der Waals surface area (Å²) in [5.74, 6) is 1.74. The summed E-state index contributed by atoms with van der Waals surface area (Å²) in [6.45, 7) is 3.66. The van der Waals surface area contributed by atoms with Crippen molar-refractivity contribution in [2.24, 2.45) is 5.92 Å². The molecule has 2 unspecified atom stereocenters. The largest absolute Gasteiger partial charge is 0.351 e. The summed E-state index contributed by atoms with van der Waals surface area (Å²) < 4.78 is 2.44. The molecule has 3 rings (SSSR count). The summed E-state index contributed by atoms with van der Waals surface area (Å²) in [5.41, 5.74) is 1.58. The third-order valence-corrected chi connectivity index (χ3v) is 3.59. The fourth-order valence-corrected chi connectivity index (χ4v) is 2.89. The maximum absolute atomic E-state index is 3.50. The van der Waals surface area contributed by atoms with Crippen molar-refractivity contribution in [2.75, 3.05) is 13.1 Å². The van der Waals surface area contributed by atoms with Gasteiger partial charge in [-0.25, -0.2) is 0 Å². The zero-order valence-corrected chi connectivity index (χ0v) is 7.87. The van der Waals surface area contributed by atoms with E-state index in [1.807, 2.05) is 0 Å². The van der Waals surface area contributed by atoms with Crippen LogP contribution in [0.3, 0.4) is 0 Å². The molecule has 0 saturated carbocycles. The average molecular weight is 176 g/mol. The molecule has 1 aromatic heterocycles. The molecule has 1 N–H and O–H groups in total. The van der Waals surface area contributed by atoms with Crippen LogP contribution in [0.5, 0.6) is 0 Å². The Balaban J connectivity index is 1.97. The van der Waals surface area contributed by atoms with Crippen molar-refractivity contribution >= 4 is 0 Å². The molecule has 0 aromatic carbocycles. The van der Waals surface area contributed by atoms with E-state index in [0.29, 0.717) is 0 Å². The maximum Gasteiger partial charge on any atom is 0.0225 e. The van der Waals surface area contributed by atoms with Crippen molar-refractivity contribution in [1.29, 1.82) is 0 Å². The molecule has 2 nitrogen and oxygen atoms in total. The molecule has 70 valence electrons. The monoisotopic (exact) mass is 176 g/mol. The van der Waals surface area contributed by atoms with Gasteiger partial charge in [0.15, 0.2) is 0 Å². The normalized spacial score (nSPS) is 32.3. The number of hydrogen-bond donors (Lipinski definition) is 1. The Labute approximate surface area is 78.9 Å². The number of hydrogen-bond acceptors (Lipinski definition) is 1. The lowest BCUT2D eigenvalue weighted by molar-refractivity contribution is 0.257. The van der Waals surface area contributed by atoms with Crippen LogP contribution in [-0.2, 0) is 6.54 Å². The second-order valence-electron chi connectivity index (χ2n) is 4.27. The lowest BCUT2D eigenvalue weighted by Crippen LogP contribution is -2.39. The predicted molar refractivity (Wildman–Crippen MR) is 52.8 cm³/mol. The minimum Gasteiger partial charge on any atom is -0.351 e. The number of piperidine rings is 1. The van der Waals surface area contributed by atoms with E-state index >= 15 is 0 Å². The highest BCUT2D eigenvalue weighted by molar-refractivity contribution is 5.17. The first-order chi connectivity index (χ1) is 6.45. The summed E-state index contributed by atoms with van der Waals surface area (Å²) in [6.07, 6.45) is 4.92. The molecule has 1 saturated heterocycles. The van der Waals surface area contributed by atoms with Crippen LogP contribution in [0.4, 0.5) is 0 Å². The Kier molecular flexibility index (Phi) is 1.69. The molecular weight excluding hydrogens is 160 g/mol. The molecule has 0 bridgehead atoms. The van der Waals surface area contributed by atoms with Gasteiger partial charge in [-0.3, -0.25) is 0 Å². The van der Waals surface area contributed by atoms with E-state index < -0.39 is 0 Å². The van der Waals surface area contributed by atoms with E-state index in [1.54, 1.807) is 5.69 Å². The standard InChI is InChI=1S/C11H16N2/c1-2-11-10-3-5-12-8-9(10)4-7-13(11)6-1/h1-2,6,9-10,12H,3-5,7-8H2. The van der Waals surface area contributed by atoms with Gasteiger partial charge in [-0.15, -0.1) is 0 Å². The van der Waals surface area contributed by atoms with Crippen LogP contribution >= 0.6 is 0 Å². The van der Waals surface area contributed by atoms with Crippen LogP contribution in [0.2, 0.25) is 0 Å². The van der Waals surface area contributed by atoms with Gasteiger partial charge in [0.2, 0.25) is 0 Å². The predicted octanol–water partition coefficient (Wildman–Crippen LogP) is 1.58.